The molecule has 35 heavy (non-hydrogen) atoms. The normalized spacial score (nSPS) is 12.4. The van der Waals surface area contributed by atoms with E-state index in [1.165, 1.54) is 6.07 Å². The first-order valence-corrected chi connectivity index (χ1v) is 11.5. The smallest absolute Gasteiger partial charge is 0.306 e. The summed E-state index contributed by atoms with van der Waals surface area (Å²) in [7, 11) is 0. The van der Waals surface area contributed by atoms with Gasteiger partial charge in [-0.2, -0.15) is 0 Å². The molecule has 1 N–H and O–H groups in total. The van der Waals surface area contributed by atoms with Crippen molar-refractivity contribution in [3.05, 3.63) is 65.1 Å². The fourth-order valence-corrected chi connectivity index (χ4v) is 4.31. The number of pyridine rings is 1. The van der Waals surface area contributed by atoms with E-state index in [1.807, 2.05) is 19.1 Å². The molecule has 9 nitrogen and oxygen atoms in total. The second-order valence-electron chi connectivity index (χ2n) is 8.22. The fraction of sp³-hybridized carbons (Fsp3) is 0.320. The van der Waals surface area contributed by atoms with Crippen LogP contribution in [-0.4, -0.2) is 43.7 Å². The molecule has 180 valence electrons. The maximum Gasteiger partial charge on any atom is 0.306 e. The van der Waals surface area contributed by atoms with Crippen molar-refractivity contribution in [3.63, 3.8) is 0 Å². The van der Waals surface area contributed by atoms with Gasteiger partial charge < -0.3 is 14.8 Å². The summed E-state index contributed by atoms with van der Waals surface area (Å²) in [6.07, 6.45) is 4.75. The Kier molecular flexibility index (Phi) is 6.26. The van der Waals surface area contributed by atoms with Crippen LogP contribution in [0.3, 0.4) is 0 Å². The molecule has 0 fully saturated rings. The van der Waals surface area contributed by atoms with Crippen LogP contribution in [0, 0.1) is 12.7 Å². The van der Waals surface area contributed by atoms with E-state index in [-0.39, 0.29) is 24.8 Å². The summed E-state index contributed by atoms with van der Waals surface area (Å²) in [5, 5.41) is 11.6. The van der Waals surface area contributed by atoms with Crippen molar-refractivity contribution in [2.75, 3.05) is 18.5 Å². The zero-order valence-corrected chi connectivity index (χ0v) is 19.5. The Morgan fingerprint density at radius 1 is 1.26 bits per heavy atom. The maximum atomic E-state index is 14.5. The van der Waals surface area contributed by atoms with Crippen LogP contribution < -0.4 is 10.1 Å². The third-order valence-electron chi connectivity index (χ3n) is 6.02. The molecule has 0 saturated heterocycles. The quantitative estimate of drug-likeness (QED) is 0.384. The molecule has 0 amide bonds. The van der Waals surface area contributed by atoms with E-state index in [1.54, 1.807) is 29.9 Å². The van der Waals surface area contributed by atoms with Gasteiger partial charge in [0.1, 0.15) is 17.9 Å². The number of carbonyl (C=O) groups excluding carboxylic acids is 1. The lowest BCUT2D eigenvalue weighted by Gasteiger charge is -2.13. The second-order valence-corrected chi connectivity index (χ2v) is 8.22. The molecule has 0 saturated carbocycles. The van der Waals surface area contributed by atoms with Gasteiger partial charge in [-0.3, -0.25) is 14.2 Å². The highest BCUT2D eigenvalue weighted by atomic mass is 19.1. The van der Waals surface area contributed by atoms with Crippen LogP contribution in [0.5, 0.6) is 5.75 Å². The Labute approximate surface area is 201 Å². The monoisotopic (exact) mass is 476 g/mol. The number of aromatic nitrogens is 5. The number of aryl methyl sites for hydroxylation is 2. The average Bonchev–Trinajstić information content (AvgIpc) is 3.53. The summed E-state index contributed by atoms with van der Waals surface area (Å²) >= 11 is 0. The zero-order valence-electron chi connectivity index (χ0n) is 19.5. The van der Waals surface area contributed by atoms with E-state index in [2.05, 4.69) is 25.5 Å². The SMILES string of the molecule is CCOC(=O)CCc1ccc(-c2cnc(NCc3c(F)ccc4c3CCO4)n3cnnc23)c(C)n1. The van der Waals surface area contributed by atoms with Gasteiger partial charge in [0.05, 0.1) is 19.6 Å². The predicted octanol–water partition coefficient (Wildman–Crippen LogP) is 3.68. The van der Waals surface area contributed by atoms with E-state index in [0.717, 1.165) is 33.8 Å². The molecule has 4 heterocycles. The standard InChI is InChI=1S/C25H25FN6O3/c1-3-34-23(33)9-5-16-4-6-17(15(2)30-16)20-13-28-25(32-14-29-31-24(20)32)27-12-19-18-10-11-35-22(18)8-7-21(19)26/h4,6-8,13-14H,3,5,9-12H2,1-2H3,(H,27,28). The lowest BCUT2D eigenvalue weighted by Crippen LogP contribution is -2.10. The number of fused-ring (bicyclic) bond motifs is 2. The summed E-state index contributed by atoms with van der Waals surface area (Å²) < 4.78 is 26.8. The predicted molar refractivity (Wildman–Crippen MR) is 127 cm³/mol. The van der Waals surface area contributed by atoms with Crippen molar-refractivity contribution in [3.8, 4) is 16.9 Å². The van der Waals surface area contributed by atoms with Crippen LogP contribution in [0.4, 0.5) is 10.3 Å². The largest absolute Gasteiger partial charge is 0.493 e. The molecule has 5 rings (SSSR count). The van der Waals surface area contributed by atoms with Crippen LogP contribution in [0.2, 0.25) is 0 Å². The van der Waals surface area contributed by atoms with Gasteiger partial charge in [-0.05, 0) is 32.0 Å². The topological polar surface area (TPSA) is 104 Å². The van der Waals surface area contributed by atoms with E-state index >= 15 is 0 Å². The van der Waals surface area contributed by atoms with Gasteiger partial charge in [-0.1, -0.05) is 6.07 Å². The minimum absolute atomic E-state index is 0.235. The van der Waals surface area contributed by atoms with Crippen molar-refractivity contribution >= 4 is 17.6 Å². The Morgan fingerprint density at radius 3 is 2.97 bits per heavy atom. The van der Waals surface area contributed by atoms with Gasteiger partial charge in [0.25, 0.3) is 0 Å². The average molecular weight is 477 g/mol. The molecular weight excluding hydrogens is 451 g/mol. The van der Waals surface area contributed by atoms with Gasteiger partial charge in [0.15, 0.2) is 5.65 Å². The number of nitrogens with zero attached hydrogens (tertiary/aromatic N) is 5. The summed E-state index contributed by atoms with van der Waals surface area (Å²) in [6, 6.07) is 6.94. The molecule has 0 radical (unpaired) electrons. The Hall–Kier alpha value is -4.08. The number of ether oxygens (including phenoxy) is 2. The molecule has 4 aromatic rings. The van der Waals surface area contributed by atoms with E-state index in [9.17, 15) is 9.18 Å². The number of benzene rings is 1. The van der Waals surface area contributed by atoms with Gasteiger partial charge in [-0.25, -0.2) is 9.37 Å². The summed E-state index contributed by atoms with van der Waals surface area (Å²) in [4.78, 5) is 20.9. The molecular formula is C25H25FN6O3. The summed E-state index contributed by atoms with van der Waals surface area (Å²) in [6.45, 7) is 4.88. The van der Waals surface area contributed by atoms with Crippen LogP contribution >= 0.6 is 0 Å². The number of anilines is 1. The van der Waals surface area contributed by atoms with E-state index in [4.69, 9.17) is 9.47 Å². The molecule has 0 spiro atoms. The fourth-order valence-electron chi connectivity index (χ4n) is 4.31. The first-order valence-electron chi connectivity index (χ1n) is 11.5. The van der Waals surface area contributed by atoms with E-state index in [0.29, 0.717) is 43.2 Å². The van der Waals surface area contributed by atoms with Gasteiger partial charge >= 0.3 is 5.97 Å². The minimum Gasteiger partial charge on any atom is -0.493 e. The summed E-state index contributed by atoms with van der Waals surface area (Å²) in [5.41, 5.74) is 5.31. The number of carbonyl (C=O) groups is 1. The number of nitrogens with one attached hydrogen (secondary N) is 1. The molecule has 3 aromatic heterocycles. The first kappa shape index (κ1) is 22.7. The number of hydrogen-bond acceptors (Lipinski definition) is 8. The van der Waals surface area contributed by atoms with Gasteiger partial charge in [0, 0.05) is 59.2 Å². The molecule has 0 atom stereocenters. The van der Waals surface area contributed by atoms with Crippen molar-refractivity contribution < 1.29 is 18.7 Å². The van der Waals surface area contributed by atoms with Gasteiger partial charge in [-0.15, -0.1) is 10.2 Å². The molecule has 1 aliphatic heterocycles. The highest BCUT2D eigenvalue weighted by molar-refractivity contribution is 5.79. The number of rotatable bonds is 8. The highest BCUT2D eigenvalue weighted by Gasteiger charge is 2.20. The molecule has 0 unspecified atom stereocenters. The molecule has 0 aliphatic carbocycles. The van der Waals surface area contributed by atoms with Crippen molar-refractivity contribution in [2.45, 2.75) is 39.7 Å². The number of esters is 1. The third kappa shape index (κ3) is 4.51. The highest BCUT2D eigenvalue weighted by Crippen LogP contribution is 2.31. The van der Waals surface area contributed by atoms with Crippen LogP contribution in [0.15, 0.2) is 36.8 Å². The number of hydrogen-bond donors (Lipinski definition) is 1. The van der Waals surface area contributed by atoms with Crippen LogP contribution in [0.1, 0.15) is 35.9 Å². The lowest BCUT2D eigenvalue weighted by atomic mass is 10.0. The van der Waals surface area contributed by atoms with Crippen molar-refractivity contribution in [2.24, 2.45) is 0 Å². The third-order valence-corrected chi connectivity index (χ3v) is 6.02. The Morgan fingerprint density at radius 2 is 2.14 bits per heavy atom. The Bertz CT molecular complexity index is 1400. The molecule has 1 aromatic carbocycles. The van der Waals surface area contributed by atoms with E-state index < -0.39 is 0 Å². The van der Waals surface area contributed by atoms with Crippen molar-refractivity contribution in [1.82, 2.24) is 24.6 Å². The molecule has 0 bridgehead atoms. The van der Waals surface area contributed by atoms with Crippen LogP contribution in [0.25, 0.3) is 16.8 Å². The second kappa shape index (κ2) is 9.65. The summed E-state index contributed by atoms with van der Waals surface area (Å²) in [5.74, 6) is 0.723. The zero-order chi connectivity index (χ0) is 24.4. The minimum atomic E-state index is -0.275. The maximum absolute atomic E-state index is 14.5. The molecule has 1 aliphatic rings. The lowest BCUT2D eigenvalue weighted by molar-refractivity contribution is -0.143. The van der Waals surface area contributed by atoms with Crippen molar-refractivity contribution in [1.29, 1.82) is 0 Å². The number of halogens is 1. The van der Waals surface area contributed by atoms with Gasteiger partial charge in [0.2, 0.25) is 5.95 Å². The molecule has 10 heteroatoms. The first-order chi connectivity index (χ1) is 17.0. The van der Waals surface area contributed by atoms with Crippen LogP contribution in [-0.2, 0) is 28.9 Å². The Balaban J connectivity index is 1.38.